The number of nitrogens with zero attached hydrogens (tertiary/aromatic N) is 3. The maximum atomic E-state index is 9.41. The van der Waals surface area contributed by atoms with E-state index in [2.05, 4.69) is 16.2 Å². The number of rotatable bonds is 5. The Hall–Kier alpha value is -3.11. The smallest absolute Gasteiger partial charge is 0.268 e. The molecule has 7 heteroatoms. The zero-order valence-electron chi connectivity index (χ0n) is 13.0. The van der Waals surface area contributed by atoms with Gasteiger partial charge in [0.1, 0.15) is 11.6 Å². The number of hydrogen-bond donors (Lipinski definition) is 0. The predicted molar refractivity (Wildman–Crippen MR) is 90.6 cm³/mol. The summed E-state index contributed by atoms with van der Waals surface area (Å²) in [5, 5.41) is 15.3. The summed E-state index contributed by atoms with van der Waals surface area (Å²) in [5.41, 5.74) is 1.04. The number of methoxy groups -OCH3 is 2. The van der Waals surface area contributed by atoms with Crippen LogP contribution in [0.1, 0.15) is 11.5 Å². The van der Waals surface area contributed by atoms with Crippen molar-refractivity contribution in [2.45, 2.75) is 0 Å². The molecule has 24 heavy (non-hydrogen) atoms. The Morgan fingerprint density at radius 1 is 1.25 bits per heavy atom. The first kappa shape index (κ1) is 15.8. The third-order valence-electron chi connectivity index (χ3n) is 3.24. The molecule has 0 bridgehead atoms. The Morgan fingerprint density at radius 3 is 2.75 bits per heavy atom. The van der Waals surface area contributed by atoms with Gasteiger partial charge in [0.05, 0.1) is 19.1 Å². The van der Waals surface area contributed by atoms with Crippen LogP contribution in [0.15, 0.2) is 40.2 Å². The first-order chi connectivity index (χ1) is 11.7. The fraction of sp³-hybridized carbons (Fsp3) is 0.118. The van der Waals surface area contributed by atoms with Crippen molar-refractivity contribution in [3.63, 3.8) is 0 Å². The van der Waals surface area contributed by atoms with Gasteiger partial charge in [0, 0.05) is 0 Å². The Labute approximate surface area is 142 Å². The fourth-order valence-electron chi connectivity index (χ4n) is 2.09. The highest BCUT2D eigenvalue weighted by molar-refractivity contribution is 7.13. The highest BCUT2D eigenvalue weighted by Gasteiger charge is 2.14. The van der Waals surface area contributed by atoms with Crippen LogP contribution >= 0.6 is 11.3 Å². The molecule has 0 atom stereocenters. The van der Waals surface area contributed by atoms with Crippen molar-refractivity contribution in [3.8, 4) is 28.3 Å². The first-order valence-electron chi connectivity index (χ1n) is 6.97. The lowest BCUT2D eigenvalue weighted by Crippen LogP contribution is -1.91. The SMILES string of the molecule is COc1ccc(/C=C(\C#N)c2nc(-c3cccs3)no2)cc1OC. The summed E-state index contributed by atoms with van der Waals surface area (Å²) in [6.45, 7) is 0. The molecule has 0 unspecified atom stereocenters. The van der Waals surface area contributed by atoms with Crippen LogP contribution in [0.3, 0.4) is 0 Å². The first-order valence-corrected chi connectivity index (χ1v) is 7.85. The van der Waals surface area contributed by atoms with Crippen LogP contribution in [0.4, 0.5) is 0 Å². The molecule has 2 aromatic heterocycles. The second kappa shape index (κ2) is 6.98. The molecule has 6 nitrogen and oxygen atoms in total. The summed E-state index contributed by atoms with van der Waals surface area (Å²) in [7, 11) is 3.13. The van der Waals surface area contributed by atoms with Crippen molar-refractivity contribution in [1.82, 2.24) is 10.1 Å². The molecule has 0 aliphatic heterocycles. The van der Waals surface area contributed by atoms with Gasteiger partial charge in [-0.3, -0.25) is 0 Å². The second-order valence-corrected chi connectivity index (χ2v) is 5.63. The van der Waals surface area contributed by atoms with Gasteiger partial charge in [-0.05, 0) is 35.2 Å². The van der Waals surface area contributed by atoms with Gasteiger partial charge in [-0.2, -0.15) is 10.2 Å². The molecule has 0 saturated heterocycles. The van der Waals surface area contributed by atoms with E-state index in [9.17, 15) is 5.26 Å². The van der Waals surface area contributed by atoms with E-state index in [0.29, 0.717) is 17.3 Å². The summed E-state index contributed by atoms with van der Waals surface area (Å²) in [6, 6.07) is 11.2. The molecule has 0 fully saturated rings. The predicted octanol–water partition coefficient (Wildman–Crippen LogP) is 3.88. The molecule has 120 valence electrons. The highest BCUT2D eigenvalue weighted by Crippen LogP contribution is 2.29. The minimum absolute atomic E-state index is 0.177. The molecule has 0 radical (unpaired) electrons. The van der Waals surface area contributed by atoms with E-state index in [4.69, 9.17) is 14.0 Å². The average molecular weight is 339 g/mol. The van der Waals surface area contributed by atoms with Gasteiger partial charge in [-0.25, -0.2) is 0 Å². The zero-order valence-corrected chi connectivity index (χ0v) is 13.8. The van der Waals surface area contributed by atoms with Crippen molar-refractivity contribution >= 4 is 23.0 Å². The molecule has 0 N–H and O–H groups in total. The summed E-state index contributed by atoms with van der Waals surface area (Å²) in [5.74, 6) is 1.84. The minimum Gasteiger partial charge on any atom is -0.493 e. The van der Waals surface area contributed by atoms with Crippen LogP contribution in [-0.2, 0) is 0 Å². The lowest BCUT2D eigenvalue weighted by Gasteiger charge is -2.07. The standard InChI is InChI=1S/C17H13N3O3S/c1-21-13-6-5-11(9-14(13)22-2)8-12(10-18)17-19-16(20-23-17)15-4-3-7-24-15/h3-9H,1-2H3/b12-8+. The quantitative estimate of drug-likeness (QED) is 0.656. The molecule has 0 spiro atoms. The molecule has 0 aliphatic carbocycles. The second-order valence-electron chi connectivity index (χ2n) is 4.68. The van der Waals surface area contributed by atoms with Crippen LogP contribution in [0.2, 0.25) is 0 Å². The third-order valence-corrected chi connectivity index (χ3v) is 4.10. The highest BCUT2D eigenvalue weighted by atomic mass is 32.1. The number of benzene rings is 1. The third kappa shape index (κ3) is 3.14. The summed E-state index contributed by atoms with van der Waals surface area (Å²) >= 11 is 1.50. The van der Waals surface area contributed by atoms with Gasteiger partial charge in [-0.15, -0.1) is 11.3 Å². The van der Waals surface area contributed by atoms with Crippen molar-refractivity contribution in [2.75, 3.05) is 14.2 Å². The van der Waals surface area contributed by atoms with E-state index in [1.54, 1.807) is 32.4 Å². The lowest BCUT2D eigenvalue weighted by atomic mass is 10.1. The summed E-state index contributed by atoms with van der Waals surface area (Å²) in [4.78, 5) is 5.17. The summed E-state index contributed by atoms with van der Waals surface area (Å²) < 4.78 is 15.7. The Kier molecular flexibility index (Phi) is 4.59. The lowest BCUT2D eigenvalue weighted by molar-refractivity contribution is 0.355. The molecular formula is C17H13N3O3S. The van der Waals surface area contributed by atoms with E-state index in [0.717, 1.165) is 10.4 Å². The van der Waals surface area contributed by atoms with Crippen LogP contribution in [0.5, 0.6) is 11.5 Å². The Bertz CT molecular complexity index is 908. The average Bonchev–Trinajstić information content (AvgIpc) is 3.30. The molecule has 3 aromatic rings. The largest absolute Gasteiger partial charge is 0.493 e. The van der Waals surface area contributed by atoms with Gasteiger partial charge in [0.2, 0.25) is 5.82 Å². The fourth-order valence-corrected chi connectivity index (χ4v) is 2.74. The number of thiophene rings is 1. The van der Waals surface area contributed by atoms with Crippen molar-refractivity contribution in [2.24, 2.45) is 0 Å². The Balaban J connectivity index is 1.94. The maximum absolute atomic E-state index is 9.41. The number of hydrogen-bond acceptors (Lipinski definition) is 7. The van der Waals surface area contributed by atoms with Crippen molar-refractivity contribution in [3.05, 3.63) is 47.2 Å². The molecule has 3 rings (SSSR count). The van der Waals surface area contributed by atoms with Gasteiger partial charge in [0.25, 0.3) is 5.89 Å². The van der Waals surface area contributed by atoms with E-state index < -0.39 is 0 Å². The number of nitriles is 1. The zero-order chi connectivity index (χ0) is 16.9. The van der Waals surface area contributed by atoms with E-state index in [1.807, 2.05) is 23.6 Å². The van der Waals surface area contributed by atoms with Gasteiger partial charge >= 0.3 is 0 Å². The van der Waals surface area contributed by atoms with E-state index in [-0.39, 0.29) is 11.5 Å². The molecule has 0 amide bonds. The van der Waals surface area contributed by atoms with E-state index >= 15 is 0 Å². The minimum atomic E-state index is 0.177. The van der Waals surface area contributed by atoms with Gasteiger partial charge in [-0.1, -0.05) is 17.3 Å². The maximum Gasteiger partial charge on any atom is 0.268 e. The van der Waals surface area contributed by atoms with E-state index in [1.165, 1.54) is 11.3 Å². The van der Waals surface area contributed by atoms with Crippen molar-refractivity contribution in [1.29, 1.82) is 5.26 Å². The number of aromatic nitrogens is 2. The van der Waals surface area contributed by atoms with Crippen LogP contribution in [0, 0.1) is 11.3 Å². The monoisotopic (exact) mass is 339 g/mol. The van der Waals surface area contributed by atoms with Gasteiger partial charge < -0.3 is 14.0 Å². The van der Waals surface area contributed by atoms with Gasteiger partial charge in [0.15, 0.2) is 11.5 Å². The van der Waals surface area contributed by atoms with Crippen LogP contribution in [0.25, 0.3) is 22.4 Å². The van der Waals surface area contributed by atoms with Crippen LogP contribution < -0.4 is 9.47 Å². The molecule has 1 aromatic carbocycles. The normalized spacial score (nSPS) is 11.1. The molecule has 0 aliphatic rings. The van der Waals surface area contributed by atoms with Crippen LogP contribution in [-0.4, -0.2) is 24.4 Å². The number of allylic oxidation sites excluding steroid dienone is 1. The molecule has 0 saturated carbocycles. The topological polar surface area (TPSA) is 81.2 Å². The molecule has 2 heterocycles. The molecular weight excluding hydrogens is 326 g/mol. The number of ether oxygens (including phenoxy) is 2. The van der Waals surface area contributed by atoms with Crippen molar-refractivity contribution < 1.29 is 14.0 Å². The summed E-state index contributed by atoms with van der Waals surface area (Å²) in [6.07, 6.45) is 1.66. The Morgan fingerprint density at radius 2 is 2.08 bits per heavy atom.